The number of anilines is 1. The van der Waals surface area contributed by atoms with E-state index < -0.39 is 0 Å². The van der Waals surface area contributed by atoms with Gasteiger partial charge in [-0.05, 0) is 32.0 Å². The van der Waals surface area contributed by atoms with Crippen LogP contribution in [0.5, 0.6) is 0 Å². The van der Waals surface area contributed by atoms with E-state index in [1.807, 2.05) is 48.7 Å². The molecule has 0 fully saturated rings. The molecule has 0 spiro atoms. The number of carbonyl (C=O) groups excluding carboxylic acids is 1. The normalized spacial score (nSPS) is 12.0. The summed E-state index contributed by atoms with van der Waals surface area (Å²) in [5.41, 5.74) is 1.52. The van der Waals surface area contributed by atoms with Crippen LogP contribution in [-0.2, 0) is 11.3 Å². The average Bonchev–Trinajstić information content (AvgIpc) is 3.07. The predicted octanol–water partition coefficient (Wildman–Crippen LogP) is 5.39. The zero-order valence-electron chi connectivity index (χ0n) is 14.8. The van der Waals surface area contributed by atoms with Crippen molar-refractivity contribution in [2.45, 2.75) is 30.8 Å². The Kier molecular flexibility index (Phi) is 6.42. The third-order valence-electron chi connectivity index (χ3n) is 3.91. The van der Waals surface area contributed by atoms with Gasteiger partial charge in [-0.3, -0.25) is 4.79 Å². The maximum Gasteiger partial charge on any atom is 0.237 e. The van der Waals surface area contributed by atoms with E-state index in [0.717, 1.165) is 11.4 Å². The third-order valence-corrected chi connectivity index (χ3v) is 5.53. The summed E-state index contributed by atoms with van der Waals surface area (Å²) < 4.78 is 2.00. The lowest BCUT2D eigenvalue weighted by atomic mass is 10.2. The summed E-state index contributed by atoms with van der Waals surface area (Å²) in [5, 5.41) is 12.6. The number of amides is 1. The molecule has 1 aromatic heterocycles. The highest BCUT2D eigenvalue weighted by Gasteiger charge is 2.21. The molecule has 2 aromatic carbocycles. The van der Waals surface area contributed by atoms with E-state index in [9.17, 15) is 4.79 Å². The Morgan fingerprint density at radius 1 is 1.19 bits per heavy atom. The third kappa shape index (κ3) is 4.64. The number of nitrogens with zero attached hydrogens (tertiary/aromatic N) is 3. The summed E-state index contributed by atoms with van der Waals surface area (Å²) in [7, 11) is 0. The molecule has 27 heavy (non-hydrogen) atoms. The Morgan fingerprint density at radius 2 is 1.93 bits per heavy atom. The van der Waals surface area contributed by atoms with Crippen molar-refractivity contribution >= 4 is 46.6 Å². The molecule has 0 aliphatic heterocycles. The van der Waals surface area contributed by atoms with Crippen LogP contribution in [0.2, 0.25) is 10.0 Å². The molecule has 140 valence electrons. The Balaban J connectivity index is 1.75. The van der Waals surface area contributed by atoms with Gasteiger partial charge >= 0.3 is 0 Å². The van der Waals surface area contributed by atoms with Gasteiger partial charge < -0.3 is 9.88 Å². The first-order valence-corrected chi connectivity index (χ1v) is 10.0. The van der Waals surface area contributed by atoms with Crippen molar-refractivity contribution in [2.24, 2.45) is 0 Å². The Morgan fingerprint density at radius 3 is 2.59 bits per heavy atom. The molecule has 3 rings (SSSR count). The fourth-order valence-corrected chi connectivity index (χ4v) is 3.87. The molecule has 1 heterocycles. The van der Waals surface area contributed by atoms with Gasteiger partial charge in [-0.15, -0.1) is 10.2 Å². The van der Waals surface area contributed by atoms with Crippen LogP contribution in [0.25, 0.3) is 11.4 Å². The van der Waals surface area contributed by atoms with Crippen molar-refractivity contribution in [1.29, 1.82) is 0 Å². The number of halogens is 2. The van der Waals surface area contributed by atoms with Crippen molar-refractivity contribution in [2.75, 3.05) is 5.32 Å². The average molecular weight is 421 g/mol. The van der Waals surface area contributed by atoms with Crippen LogP contribution in [0.4, 0.5) is 5.69 Å². The second kappa shape index (κ2) is 8.78. The van der Waals surface area contributed by atoms with Crippen LogP contribution in [-0.4, -0.2) is 25.9 Å². The van der Waals surface area contributed by atoms with Crippen LogP contribution in [0, 0.1) is 0 Å². The van der Waals surface area contributed by atoms with Crippen LogP contribution in [0.1, 0.15) is 13.8 Å². The monoisotopic (exact) mass is 420 g/mol. The molecule has 1 amide bonds. The molecule has 1 atom stereocenters. The fraction of sp³-hybridized carbons (Fsp3) is 0.211. The molecular formula is C19H18Cl2N4OS. The summed E-state index contributed by atoms with van der Waals surface area (Å²) in [5.74, 6) is 0.616. The number of rotatable bonds is 6. The van der Waals surface area contributed by atoms with E-state index in [1.165, 1.54) is 11.8 Å². The van der Waals surface area contributed by atoms with Gasteiger partial charge in [0.2, 0.25) is 5.91 Å². The second-order valence-corrected chi connectivity index (χ2v) is 7.94. The van der Waals surface area contributed by atoms with Crippen molar-refractivity contribution in [1.82, 2.24) is 14.8 Å². The highest BCUT2D eigenvalue weighted by Crippen LogP contribution is 2.29. The molecule has 0 radical (unpaired) electrons. The van der Waals surface area contributed by atoms with E-state index in [0.29, 0.717) is 27.4 Å². The van der Waals surface area contributed by atoms with Crippen LogP contribution < -0.4 is 5.32 Å². The Labute approximate surface area is 172 Å². The lowest BCUT2D eigenvalue weighted by Gasteiger charge is -2.13. The molecule has 1 unspecified atom stereocenters. The van der Waals surface area contributed by atoms with E-state index in [-0.39, 0.29) is 11.2 Å². The standard InChI is InChI=1S/C19H18Cl2N4OS/c1-3-25-17(13-7-5-4-6-8-13)23-24-19(25)27-12(2)18(26)22-16-10-9-14(20)11-15(16)21/h4-12H,3H2,1-2H3,(H,22,26). The van der Waals surface area contributed by atoms with Crippen LogP contribution in [0.3, 0.4) is 0 Å². The van der Waals surface area contributed by atoms with E-state index in [4.69, 9.17) is 23.2 Å². The van der Waals surface area contributed by atoms with Gasteiger partial charge in [0.25, 0.3) is 0 Å². The minimum atomic E-state index is -0.380. The smallest absolute Gasteiger partial charge is 0.237 e. The Hall–Kier alpha value is -2.02. The van der Waals surface area contributed by atoms with E-state index in [2.05, 4.69) is 15.5 Å². The number of hydrogen-bond donors (Lipinski definition) is 1. The van der Waals surface area contributed by atoms with Gasteiger partial charge in [0, 0.05) is 17.1 Å². The molecule has 8 heteroatoms. The number of nitrogens with one attached hydrogen (secondary N) is 1. The van der Waals surface area contributed by atoms with E-state index >= 15 is 0 Å². The largest absolute Gasteiger partial charge is 0.324 e. The number of aromatic nitrogens is 3. The van der Waals surface area contributed by atoms with Gasteiger partial charge in [0.15, 0.2) is 11.0 Å². The molecule has 3 aromatic rings. The van der Waals surface area contributed by atoms with Crippen molar-refractivity contribution in [3.63, 3.8) is 0 Å². The van der Waals surface area contributed by atoms with E-state index in [1.54, 1.807) is 18.2 Å². The highest BCUT2D eigenvalue weighted by molar-refractivity contribution is 8.00. The Bertz CT molecular complexity index is 946. The van der Waals surface area contributed by atoms with Gasteiger partial charge in [-0.2, -0.15) is 0 Å². The highest BCUT2D eigenvalue weighted by atomic mass is 35.5. The predicted molar refractivity (Wildman–Crippen MR) is 112 cm³/mol. The maximum absolute atomic E-state index is 12.5. The SMILES string of the molecule is CCn1c(SC(C)C(=O)Nc2ccc(Cl)cc2Cl)nnc1-c1ccccc1. The summed E-state index contributed by atoms with van der Waals surface area (Å²) >= 11 is 13.4. The zero-order chi connectivity index (χ0) is 19.4. The quantitative estimate of drug-likeness (QED) is 0.542. The molecule has 0 aliphatic carbocycles. The van der Waals surface area contributed by atoms with Gasteiger partial charge in [0.05, 0.1) is 16.0 Å². The molecule has 5 nitrogen and oxygen atoms in total. The molecule has 1 N–H and O–H groups in total. The lowest BCUT2D eigenvalue weighted by Crippen LogP contribution is -2.23. The molecule has 0 saturated heterocycles. The number of carbonyl (C=O) groups is 1. The van der Waals surface area contributed by atoms with Crippen LogP contribution in [0.15, 0.2) is 53.7 Å². The number of benzene rings is 2. The topological polar surface area (TPSA) is 59.8 Å². The van der Waals surface area contributed by atoms with Crippen molar-refractivity contribution in [3.05, 3.63) is 58.6 Å². The summed E-state index contributed by atoms with van der Waals surface area (Å²) in [6, 6.07) is 14.8. The lowest BCUT2D eigenvalue weighted by molar-refractivity contribution is -0.115. The first-order chi connectivity index (χ1) is 13.0. The fourth-order valence-electron chi connectivity index (χ4n) is 2.50. The van der Waals surface area contributed by atoms with Gasteiger partial charge in [-0.1, -0.05) is 65.3 Å². The molecule has 0 aliphatic rings. The molecule has 0 bridgehead atoms. The van der Waals surface area contributed by atoms with Crippen molar-refractivity contribution < 1.29 is 4.79 Å². The second-order valence-electron chi connectivity index (χ2n) is 5.79. The summed E-state index contributed by atoms with van der Waals surface area (Å²) in [6.07, 6.45) is 0. The first kappa shape index (κ1) is 19.7. The first-order valence-electron chi connectivity index (χ1n) is 8.40. The van der Waals surface area contributed by atoms with Gasteiger partial charge in [-0.25, -0.2) is 0 Å². The van der Waals surface area contributed by atoms with Crippen LogP contribution >= 0.6 is 35.0 Å². The minimum absolute atomic E-state index is 0.170. The van der Waals surface area contributed by atoms with Gasteiger partial charge in [0.1, 0.15) is 0 Å². The summed E-state index contributed by atoms with van der Waals surface area (Å²) in [6.45, 7) is 4.55. The number of hydrogen-bond acceptors (Lipinski definition) is 4. The summed E-state index contributed by atoms with van der Waals surface area (Å²) in [4.78, 5) is 12.5. The molecular weight excluding hydrogens is 403 g/mol. The zero-order valence-corrected chi connectivity index (χ0v) is 17.1. The number of thioether (sulfide) groups is 1. The molecule has 0 saturated carbocycles. The minimum Gasteiger partial charge on any atom is -0.324 e. The van der Waals surface area contributed by atoms with Crippen molar-refractivity contribution in [3.8, 4) is 11.4 Å². The maximum atomic E-state index is 12.5.